The second-order valence-corrected chi connectivity index (χ2v) is 6.49. The third-order valence-corrected chi connectivity index (χ3v) is 4.17. The van der Waals surface area contributed by atoms with E-state index in [0.29, 0.717) is 28.8 Å². The first-order valence-electron chi connectivity index (χ1n) is 8.92. The summed E-state index contributed by atoms with van der Waals surface area (Å²) in [6.45, 7) is 0.515. The van der Waals surface area contributed by atoms with Crippen LogP contribution in [0, 0.1) is 0 Å². The molecule has 3 aromatic rings. The third-order valence-electron chi connectivity index (χ3n) is 3.92. The van der Waals surface area contributed by atoms with Crippen LogP contribution in [0.5, 0.6) is 5.75 Å². The summed E-state index contributed by atoms with van der Waals surface area (Å²) in [5.41, 5.74) is 1.43. The smallest absolute Gasteiger partial charge is 0.251 e. The van der Waals surface area contributed by atoms with Gasteiger partial charge in [0, 0.05) is 42.1 Å². The molecule has 3 rings (SSSR count). The summed E-state index contributed by atoms with van der Waals surface area (Å²) in [5, 5.41) is 5.96. The fourth-order valence-electron chi connectivity index (χ4n) is 2.43. The molecule has 0 aliphatic carbocycles. The second kappa shape index (κ2) is 10.2. The summed E-state index contributed by atoms with van der Waals surface area (Å²) in [5.74, 6) is 0.237. The lowest BCUT2D eigenvalue weighted by Gasteiger charge is -2.11. The Morgan fingerprint density at radius 2 is 1.76 bits per heavy atom. The third kappa shape index (κ3) is 6.29. The van der Waals surface area contributed by atoms with Crippen molar-refractivity contribution < 1.29 is 14.3 Å². The molecule has 2 heterocycles. The van der Waals surface area contributed by atoms with E-state index in [1.54, 1.807) is 55.0 Å². The number of carbonyl (C=O) groups excluding carboxylic acids is 2. The molecule has 0 fully saturated rings. The molecule has 0 unspecified atom stereocenters. The first-order chi connectivity index (χ1) is 14.1. The Balaban J connectivity index is 1.49. The van der Waals surface area contributed by atoms with Gasteiger partial charge in [0.1, 0.15) is 6.61 Å². The van der Waals surface area contributed by atoms with Crippen LogP contribution in [-0.4, -0.2) is 28.3 Å². The van der Waals surface area contributed by atoms with Gasteiger partial charge in [-0.2, -0.15) is 0 Å². The number of benzene rings is 1. The monoisotopic (exact) mass is 410 g/mol. The molecule has 0 saturated carbocycles. The lowest BCUT2D eigenvalue weighted by atomic mass is 10.2. The average molecular weight is 411 g/mol. The highest BCUT2D eigenvalue weighted by Crippen LogP contribution is 2.22. The lowest BCUT2D eigenvalue weighted by Crippen LogP contribution is -2.27. The Bertz CT molecular complexity index is 965. The van der Waals surface area contributed by atoms with Crippen molar-refractivity contribution >= 4 is 29.2 Å². The summed E-state index contributed by atoms with van der Waals surface area (Å²) < 4.78 is 5.75. The fourth-order valence-corrected chi connectivity index (χ4v) is 2.55. The summed E-state index contributed by atoms with van der Waals surface area (Å²) in [6, 6.07) is 13.7. The van der Waals surface area contributed by atoms with Crippen molar-refractivity contribution in [3.63, 3.8) is 0 Å². The zero-order valence-electron chi connectivity index (χ0n) is 15.5. The van der Waals surface area contributed by atoms with Gasteiger partial charge >= 0.3 is 0 Å². The molecule has 0 radical (unpaired) electrons. The number of nitrogens with one attached hydrogen (secondary N) is 2. The highest BCUT2D eigenvalue weighted by atomic mass is 35.5. The van der Waals surface area contributed by atoms with Crippen molar-refractivity contribution in [3.8, 4) is 5.75 Å². The first kappa shape index (κ1) is 20.3. The summed E-state index contributed by atoms with van der Waals surface area (Å²) in [6.07, 6.45) is 5.03. The van der Waals surface area contributed by atoms with Crippen molar-refractivity contribution in [1.29, 1.82) is 0 Å². The van der Waals surface area contributed by atoms with Crippen LogP contribution in [0.3, 0.4) is 0 Å². The summed E-state index contributed by atoms with van der Waals surface area (Å²) in [7, 11) is 0. The van der Waals surface area contributed by atoms with Crippen molar-refractivity contribution in [2.75, 3.05) is 11.9 Å². The minimum atomic E-state index is -0.283. The molecule has 148 valence electrons. The molecular weight excluding hydrogens is 392 g/mol. The first-order valence-corrected chi connectivity index (χ1v) is 9.30. The van der Waals surface area contributed by atoms with Crippen LogP contribution >= 0.6 is 11.6 Å². The quantitative estimate of drug-likeness (QED) is 0.593. The zero-order chi connectivity index (χ0) is 20.5. The van der Waals surface area contributed by atoms with Gasteiger partial charge in [-0.15, -0.1) is 0 Å². The number of carbonyl (C=O) groups is 2. The molecule has 2 amide bonds. The fraction of sp³-hybridized carbons (Fsp3) is 0.143. The average Bonchev–Trinajstić information content (AvgIpc) is 2.74. The molecule has 0 aliphatic heterocycles. The molecule has 2 aromatic heterocycles. The molecular formula is C21H19ClN4O3. The van der Waals surface area contributed by atoms with Crippen molar-refractivity contribution in [1.82, 2.24) is 15.3 Å². The molecule has 0 aliphatic rings. The van der Waals surface area contributed by atoms with E-state index in [1.165, 1.54) is 0 Å². The van der Waals surface area contributed by atoms with Gasteiger partial charge in [-0.1, -0.05) is 11.6 Å². The Morgan fingerprint density at radius 1 is 1.00 bits per heavy atom. The lowest BCUT2D eigenvalue weighted by molar-refractivity contribution is -0.116. The van der Waals surface area contributed by atoms with Crippen LogP contribution in [0.15, 0.2) is 67.1 Å². The van der Waals surface area contributed by atoms with E-state index in [1.807, 2.05) is 12.1 Å². The van der Waals surface area contributed by atoms with Crippen molar-refractivity contribution in [2.45, 2.75) is 13.0 Å². The molecule has 0 saturated heterocycles. The standard InChI is InChI=1S/C21H19ClN4O3/c22-17-5-3-16(4-6-17)21(28)25-13-9-19(27)26-20-18(2-1-10-24-20)29-14-15-7-11-23-12-8-15/h1-8,10-12H,9,13-14H2,(H,25,28)(H,24,26,27). The molecule has 8 heteroatoms. The molecule has 2 N–H and O–H groups in total. The largest absolute Gasteiger partial charge is 0.485 e. The van der Waals surface area contributed by atoms with Crippen LogP contribution in [0.1, 0.15) is 22.3 Å². The number of aromatic nitrogens is 2. The minimum absolute atomic E-state index is 0.0969. The number of ether oxygens (including phenoxy) is 1. The van der Waals surface area contributed by atoms with E-state index in [4.69, 9.17) is 16.3 Å². The molecule has 0 atom stereocenters. The number of pyridine rings is 2. The number of hydrogen-bond donors (Lipinski definition) is 2. The topological polar surface area (TPSA) is 93.2 Å². The SMILES string of the molecule is O=C(CCNC(=O)c1ccc(Cl)cc1)Nc1ncccc1OCc1ccncc1. The Labute approximate surface area is 173 Å². The maximum absolute atomic E-state index is 12.2. The molecule has 29 heavy (non-hydrogen) atoms. The number of hydrogen-bond acceptors (Lipinski definition) is 5. The van der Waals surface area contributed by atoms with Gasteiger partial charge in [0.05, 0.1) is 0 Å². The van der Waals surface area contributed by atoms with Crippen LogP contribution in [-0.2, 0) is 11.4 Å². The van der Waals surface area contributed by atoms with Crippen LogP contribution < -0.4 is 15.4 Å². The van der Waals surface area contributed by atoms with Crippen LogP contribution in [0.25, 0.3) is 0 Å². The van der Waals surface area contributed by atoms with E-state index in [2.05, 4.69) is 20.6 Å². The maximum Gasteiger partial charge on any atom is 0.251 e. The normalized spacial score (nSPS) is 10.2. The van der Waals surface area contributed by atoms with Gasteiger partial charge in [0.2, 0.25) is 5.91 Å². The highest BCUT2D eigenvalue weighted by Gasteiger charge is 2.11. The minimum Gasteiger partial charge on any atom is -0.485 e. The Kier molecular flexibility index (Phi) is 7.13. The summed E-state index contributed by atoms with van der Waals surface area (Å²) >= 11 is 5.81. The van der Waals surface area contributed by atoms with Gasteiger partial charge in [-0.05, 0) is 54.1 Å². The summed E-state index contributed by atoms with van der Waals surface area (Å²) in [4.78, 5) is 32.4. The number of halogens is 1. The van der Waals surface area contributed by atoms with Gasteiger partial charge in [0.15, 0.2) is 11.6 Å². The Morgan fingerprint density at radius 3 is 2.52 bits per heavy atom. The van der Waals surface area contributed by atoms with E-state index in [9.17, 15) is 9.59 Å². The van der Waals surface area contributed by atoms with Gasteiger partial charge in [-0.3, -0.25) is 14.6 Å². The maximum atomic E-state index is 12.2. The number of anilines is 1. The van der Waals surface area contributed by atoms with E-state index >= 15 is 0 Å². The predicted molar refractivity (Wildman–Crippen MR) is 110 cm³/mol. The van der Waals surface area contributed by atoms with Gasteiger partial charge in [-0.25, -0.2) is 4.98 Å². The van der Waals surface area contributed by atoms with Gasteiger partial charge in [0.25, 0.3) is 5.91 Å². The number of rotatable bonds is 8. The molecule has 0 spiro atoms. The van der Waals surface area contributed by atoms with Crippen LogP contribution in [0.4, 0.5) is 5.82 Å². The second-order valence-electron chi connectivity index (χ2n) is 6.06. The van der Waals surface area contributed by atoms with Gasteiger partial charge < -0.3 is 15.4 Å². The number of amides is 2. The van der Waals surface area contributed by atoms with E-state index in [-0.39, 0.29) is 24.8 Å². The van der Waals surface area contributed by atoms with Crippen LogP contribution in [0.2, 0.25) is 5.02 Å². The Hall–Kier alpha value is -3.45. The van der Waals surface area contributed by atoms with Crippen molar-refractivity contribution in [3.05, 3.63) is 83.3 Å². The zero-order valence-corrected chi connectivity index (χ0v) is 16.2. The molecule has 0 bridgehead atoms. The highest BCUT2D eigenvalue weighted by molar-refractivity contribution is 6.30. The van der Waals surface area contributed by atoms with Crippen molar-refractivity contribution in [2.24, 2.45) is 0 Å². The van der Waals surface area contributed by atoms with E-state index < -0.39 is 0 Å². The number of nitrogens with zero attached hydrogens (tertiary/aromatic N) is 2. The molecule has 1 aromatic carbocycles. The molecule has 7 nitrogen and oxygen atoms in total. The van der Waals surface area contributed by atoms with E-state index in [0.717, 1.165) is 5.56 Å². The predicted octanol–water partition coefficient (Wildman–Crippen LogP) is 3.47.